The molecule has 0 radical (unpaired) electrons. The Bertz CT molecular complexity index is 412. The molecule has 0 saturated heterocycles. The molecular weight excluding hydrogens is 310 g/mol. The lowest BCUT2D eigenvalue weighted by atomic mass is 9.95. The molecule has 0 saturated carbocycles. The van der Waals surface area contributed by atoms with Gasteiger partial charge in [-0.25, -0.2) is 0 Å². The molecule has 0 spiro atoms. The van der Waals surface area contributed by atoms with E-state index in [9.17, 15) is 0 Å². The van der Waals surface area contributed by atoms with Crippen molar-refractivity contribution in [3.63, 3.8) is 0 Å². The van der Waals surface area contributed by atoms with Gasteiger partial charge in [0.05, 0.1) is 0 Å². The average molecular weight is 340 g/mol. The molecule has 1 aromatic carbocycles. The zero-order valence-corrected chi connectivity index (χ0v) is 15.3. The molecule has 1 rings (SSSR count). The van der Waals surface area contributed by atoms with Crippen molar-refractivity contribution in [2.45, 2.75) is 53.9 Å². The van der Waals surface area contributed by atoms with Gasteiger partial charge in [0.15, 0.2) is 0 Å². The number of aryl methyl sites for hydroxylation is 3. The summed E-state index contributed by atoms with van der Waals surface area (Å²) in [6, 6.07) is 4.59. The van der Waals surface area contributed by atoms with Gasteiger partial charge in [-0.2, -0.15) is 0 Å². The second kappa shape index (κ2) is 8.84. The van der Waals surface area contributed by atoms with Crippen LogP contribution in [0.15, 0.2) is 16.6 Å². The van der Waals surface area contributed by atoms with Crippen molar-refractivity contribution in [1.82, 2.24) is 5.32 Å². The third-order valence-corrected chi connectivity index (χ3v) is 4.74. The highest BCUT2D eigenvalue weighted by Gasteiger charge is 2.06. The van der Waals surface area contributed by atoms with Crippen molar-refractivity contribution in [2.75, 3.05) is 13.1 Å². The van der Waals surface area contributed by atoms with Gasteiger partial charge < -0.3 is 5.32 Å². The fourth-order valence-electron chi connectivity index (χ4n) is 2.40. The Morgan fingerprint density at radius 3 is 2.40 bits per heavy atom. The SMILES string of the molecule is Cc1cc(CCC(C)CCNCC(C)C)c(C)cc1Br. The Morgan fingerprint density at radius 2 is 1.75 bits per heavy atom. The first-order chi connectivity index (χ1) is 9.40. The predicted molar refractivity (Wildman–Crippen MR) is 93.4 cm³/mol. The van der Waals surface area contributed by atoms with Crippen LogP contribution in [0.3, 0.4) is 0 Å². The van der Waals surface area contributed by atoms with Crippen LogP contribution in [0.5, 0.6) is 0 Å². The van der Waals surface area contributed by atoms with E-state index in [0.29, 0.717) is 0 Å². The van der Waals surface area contributed by atoms with Crippen LogP contribution in [0.1, 0.15) is 50.3 Å². The summed E-state index contributed by atoms with van der Waals surface area (Å²) in [5.41, 5.74) is 4.26. The highest BCUT2D eigenvalue weighted by molar-refractivity contribution is 9.10. The molecule has 0 aliphatic carbocycles. The molecule has 2 heteroatoms. The maximum Gasteiger partial charge on any atom is 0.0207 e. The highest BCUT2D eigenvalue weighted by atomic mass is 79.9. The summed E-state index contributed by atoms with van der Waals surface area (Å²) >= 11 is 3.61. The second-order valence-electron chi connectivity index (χ2n) is 6.56. The van der Waals surface area contributed by atoms with Crippen LogP contribution in [0.25, 0.3) is 0 Å². The van der Waals surface area contributed by atoms with E-state index >= 15 is 0 Å². The summed E-state index contributed by atoms with van der Waals surface area (Å²) in [7, 11) is 0. The lowest BCUT2D eigenvalue weighted by Gasteiger charge is -2.14. The van der Waals surface area contributed by atoms with Crippen molar-refractivity contribution in [3.8, 4) is 0 Å². The van der Waals surface area contributed by atoms with E-state index in [-0.39, 0.29) is 0 Å². The summed E-state index contributed by atoms with van der Waals surface area (Å²) in [4.78, 5) is 0. The van der Waals surface area contributed by atoms with Gasteiger partial charge in [-0.15, -0.1) is 0 Å². The summed E-state index contributed by atoms with van der Waals surface area (Å²) in [5, 5.41) is 3.54. The largest absolute Gasteiger partial charge is 0.316 e. The van der Waals surface area contributed by atoms with E-state index in [0.717, 1.165) is 24.9 Å². The minimum atomic E-state index is 0.749. The minimum Gasteiger partial charge on any atom is -0.316 e. The Labute approximate surface area is 133 Å². The molecule has 1 unspecified atom stereocenters. The number of hydrogen-bond acceptors (Lipinski definition) is 1. The highest BCUT2D eigenvalue weighted by Crippen LogP contribution is 2.23. The molecule has 0 fully saturated rings. The molecule has 0 bridgehead atoms. The van der Waals surface area contributed by atoms with E-state index in [1.54, 1.807) is 0 Å². The molecule has 1 N–H and O–H groups in total. The smallest absolute Gasteiger partial charge is 0.0207 e. The molecule has 0 amide bonds. The number of benzene rings is 1. The minimum absolute atomic E-state index is 0.749. The van der Waals surface area contributed by atoms with Gasteiger partial charge in [0.25, 0.3) is 0 Å². The molecular formula is C18H30BrN. The van der Waals surface area contributed by atoms with Crippen molar-refractivity contribution in [2.24, 2.45) is 11.8 Å². The zero-order chi connectivity index (χ0) is 15.1. The second-order valence-corrected chi connectivity index (χ2v) is 7.41. The molecule has 114 valence electrons. The van der Waals surface area contributed by atoms with E-state index in [4.69, 9.17) is 0 Å². The Morgan fingerprint density at radius 1 is 1.05 bits per heavy atom. The van der Waals surface area contributed by atoms with Gasteiger partial charge >= 0.3 is 0 Å². The molecule has 1 atom stereocenters. The van der Waals surface area contributed by atoms with Crippen molar-refractivity contribution < 1.29 is 0 Å². The lowest BCUT2D eigenvalue weighted by Crippen LogP contribution is -2.22. The first kappa shape index (κ1) is 17.7. The number of halogens is 1. The first-order valence-corrected chi connectivity index (χ1v) is 8.65. The topological polar surface area (TPSA) is 12.0 Å². The zero-order valence-electron chi connectivity index (χ0n) is 13.7. The van der Waals surface area contributed by atoms with Gasteiger partial charge in [-0.05, 0) is 80.8 Å². The maximum atomic E-state index is 3.61. The lowest BCUT2D eigenvalue weighted by molar-refractivity contribution is 0.453. The third-order valence-electron chi connectivity index (χ3n) is 3.89. The fraction of sp³-hybridized carbons (Fsp3) is 0.667. The van der Waals surface area contributed by atoms with Gasteiger partial charge in [0, 0.05) is 4.47 Å². The summed E-state index contributed by atoms with van der Waals surface area (Å²) in [6.45, 7) is 13.6. The van der Waals surface area contributed by atoms with Gasteiger partial charge in [-0.3, -0.25) is 0 Å². The molecule has 1 aromatic rings. The standard InChI is InChI=1S/C18H30BrN/c1-13(2)12-20-9-8-14(3)6-7-17-10-16(5)18(19)11-15(17)4/h10-11,13-14,20H,6-9,12H2,1-5H3. The van der Waals surface area contributed by atoms with Crippen molar-refractivity contribution in [3.05, 3.63) is 33.3 Å². The van der Waals surface area contributed by atoms with E-state index < -0.39 is 0 Å². The number of rotatable bonds is 8. The predicted octanol–water partition coefficient (Wildman–Crippen LogP) is 5.27. The summed E-state index contributed by atoms with van der Waals surface area (Å²) in [5.74, 6) is 1.54. The molecule has 0 heterocycles. The Balaban J connectivity index is 2.34. The van der Waals surface area contributed by atoms with Crippen molar-refractivity contribution >= 4 is 15.9 Å². The van der Waals surface area contributed by atoms with E-state index in [2.05, 4.69) is 68.0 Å². The van der Waals surface area contributed by atoms with Crippen molar-refractivity contribution in [1.29, 1.82) is 0 Å². The van der Waals surface area contributed by atoms with E-state index in [1.165, 1.54) is 40.4 Å². The normalized spacial score (nSPS) is 12.9. The average Bonchev–Trinajstić information content (AvgIpc) is 2.37. The quantitative estimate of drug-likeness (QED) is 0.636. The Kier molecular flexibility index (Phi) is 7.83. The third kappa shape index (κ3) is 6.41. The fourth-order valence-corrected chi connectivity index (χ4v) is 2.85. The van der Waals surface area contributed by atoms with Crippen LogP contribution in [0, 0.1) is 25.7 Å². The number of nitrogens with one attached hydrogen (secondary N) is 1. The van der Waals surface area contributed by atoms with Crippen LogP contribution < -0.4 is 5.32 Å². The van der Waals surface area contributed by atoms with Crippen LogP contribution >= 0.6 is 15.9 Å². The van der Waals surface area contributed by atoms with Gasteiger partial charge in [0.2, 0.25) is 0 Å². The van der Waals surface area contributed by atoms with Crippen LogP contribution in [0.2, 0.25) is 0 Å². The first-order valence-electron chi connectivity index (χ1n) is 7.86. The molecule has 20 heavy (non-hydrogen) atoms. The summed E-state index contributed by atoms with van der Waals surface area (Å²) in [6.07, 6.45) is 3.76. The maximum absolute atomic E-state index is 3.61. The van der Waals surface area contributed by atoms with Gasteiger partial charge in [0.1, 0.15) is 0 Å². The van der Waals surface area contributed by atoms with E-state index in [1.807, 2.05) is 0 Å². The van der Waals surface area contributed by atoms with Crippen LogP contribution in [-0.4, -0.2) is 13.1 Å². The summed E-state index contributed by atoms with van der Waals surface area (Å²) < 4.78 is 1.23. The number of hydrogen-bond donors (Lipinski definition) is 1. The Hall–Kier alpha value is -0.340. The monoisotopic (exact) mass is 339 g/mol. The van der Waals surface area contributed by atoms with Crippen LogP contribution in [-0.2, 0) is 6.42 Å². The molecule has 0 aliphatic rings. The van der Waals surface area contributed by atoms with Gasteiger partial charge in [-0.1, -0.05) is 42.8 Å². The van der Waals surface area contributed by atoms with Crippen LogP contribution in [0.4, 0.5) is 0 Å². The molecule has 0 aliphatic heterocycles. The molecule has 0 aromatic heterocycles. The molecule has 1 nitrogen and oxygen atoms in total.